The first-order valence-electron chi connectivity index (χ1n) is 8.49. The lowest BCUT2D eigenvalue weighted by atomic mass is 9.91. The monoisotopic (exact) mass is 310 g/mol. The highest BCUT2D eigenvalue weighted by molar-refractivity contribution is 5.88. The lowest BCUT2D eigenvalue weighted by Crippen LogP contribution is -2.48. The van der Waals surface area contributed by atoms with E-state index in [1.807, 2.05) is 4.90 Å². The van der Waals surface area contributed by atoms with E-state index >= 15 is 0 Å². The Labute approximate surface area is 129 Å². The fourth-order valence-electron chi connectivity index (χ4n) is 4.02. The van der Waals surface area contributed by atoms with Crippen LogP contribution in [-0.2, 0) is 14.3 Å². The molecule has 0 bridgehead atoms. The fourth-order valence-corrected chi connectivity index (χ4v) is 4.02. The van der Waals surface area contributed by atoms with E-state index in [0.29, 0.717) is 31.8 Å². The summed E-state index contributed by atoms with van der Waals surface area (Å²) in [5.74, 6) is 0.0631. The van der Waals surface area contributed by atoms with Crippen molar-refractivity contribution >= 4 is 11.8 Å². The van der Waals surface area contributed by atoms with Gasteiger partial charge in [-0.3, -0.25) is 9.59 Å². The standard InChI is InChI=1S/C16H23FN2O3/c17-16(4-5-16)15(21)19-8-3-11-9-12(22-13(11)10-19)14(20)18-6-1-2-7-18/h11-13H,1-10H2/t11-,12?,13-/m0/s1. The van der Waals surface area contributed by atoms with Gasteiger partial charge >= 0.3 is 0 Å². The van der Waals surface area contributed by atoms with Gasteiger partial charge in [0, 0.05) is 26.2 Å². The summed E-state index contributed by atoms with van der Waals surface area (Å²) in [6.45, 7) is 2.71. The summed E-state index contributed by atoms with van der Waals surface area (Å²) in [7, 11) is 0. The molecule has 3 saturated heterocycles. The molecule has 0 radical (unpaired) electrons. The predicted octanol–water partition coefficient (Wildman–Crippen LogP) is 1.12. The molecule has 22 heavy (non-hydrogen) atoms. The number of piperidine rings is 1. The molecule has 122 valence electrons. The minimum Gasteiger partial charge on any atom is -0.363 e. The molecule has 3 heterocycles. The smallest absolute Gasteiger partial charge is 0.260 e. The molecule has 0 aromatic heterocycles. The van der Waals surface area contributed by atoms with Crippen LogP contribution in [0.5, 0.6) is 0 Å². The predicted molar refractivity (Wildman–Crippen MR) is 76.9 cm³/mol. The first-order valence-corrected chi connectivity index (χ1v) is 8.49. The Hall–Kier alpha value is -1.17. The quantitative estimate of drug-likeness (QED) is 0.768. The molecule has 3 aliphatic heterocycles. The SMILES string of the molecule is O=C(C1C[C@@H]2CCN(C(=O)C3(F)CC3)C[C@@H]2O1)N1CCCC1. The normalized spacial score (nSPS) is 36.3. The van der Waals surface area contributed by atoms with Crippen LogP contribution < -0.4 is 0 Å². The fraction of sp³-hybridized carbons (Fsp3) is 0.875. The van der Waals surface area contributed by atoms with Gasteiger partial charge in [0.1, 0.15) is 6.10 Å². The molecule has 1 unspecified atom stereocenters. The molecular formula is C16H23FN2O3. The first kappa shape index (κ1) is 14.4. The van der Waals surface area contributed by atoms with Crippen LogP contribution in [0.2, 0.25) is 0 Å². The highest BCUT2D eigenvalue weighted by Gasteiger charge is 2.54. The Bertz CT molecular complexity index is 488. The maximum absolute atomic E-state index is 13.9. The van der Waals surface area contributed by atoms with Gasteiger partial charge in [-0.05, 0) is 44.4 Å². The van der Waals surface area contributed by atoms with E-state index in [9.17, 15) is 14.0 Å². The second kappa shape index (κ2) is 5.18. The van der Waals surface area contributed by atoms with Crippen molar-refractivity contribution in [2.75, 3.05) is 26.2 Å². The number of carbonyl (C=O) groups excluding carboxylic acids is 2. The summed E-state index contributed by atoms with van der Waals surface area (Å²) in [6.07, 6.45) is 3.97. The van der Waals surface area contributed by atoms with E-state index in [1.165, 1.54) is 0 Å². The van der Waals surface area contributed by atoms with Crippen LogP contribution in [0.3, 0.4) is 0 Å². The second-order valence-corrected chi connectivity index (χ2v) is 7.20. The summed E-state index contributed by atoms with van der Waals surface area (Å²) in [5, 5.41) is 0. The van der Waals surface area contributed by atoms with Gasteiger partial charge in [-0.2, -0.15) is 0 Å². The van der Waals surface area contributed by atoms with Gasteiger partial charge in [0.15, 0.2) is 5.67 Å². The number of halogens is 1. The maximum atomic E-state index is 13.9. The molecule has 4 aliphatic rings. The Morgan fingerprint density at radius 3 is 2.50 bits per heavy atom. The third-order valence-electron chi connectivity index (χ3n) is 5.60. The highest BCUT2D eigenvalue weighted by Crippen LogP contribution is 2.43. The number of hydrogen-bond acceptors (Lipinski definition) is 3. The van der Waals surface area contributed by atoms with Gasteiger partial charge in [0.05, 0.1) is 6.10 Å². The van der Waals surface area contributed by atoms with E-state index in [2.05, 4.69) is 0 Å². The van der Waals surface area contributed by atoms with Crippen molar-refractivity contribution in [2.45, 2.75) is 56.4 Å². The number of alkyl halides is 1. The summed E-state index contributed by atoms with van der Waals surface area (Å²) in [6, 6.07) is 0. The number of nitrogens with zero attached hydrogens (tertiary/aromatic N) is 2. The molecule has 0 spiro atoms. The minimum absolute atomic E-state index is 0.100. The van der Waals surface area contributed by atoms with Gasteiger partial charge in [-0.1, -0.05) is 0 Å². The molecule has 1 saturated carbocycles. The summed E-state index contributed by atoms with van der Waals surface area (Å²) in [4.78, 5) is 28.1. The minimum atomic E-state index is -1.60. The van der Waals surface area contributed by atoms with E-state index < -0.39 is 5.67 Å². The number of ether oxygens (including phenoxy) is 1. The van der Waals surface area contributed by atoms with Crippen molar-refractivity contribution in [2.24, 2.45) is 5.92 Å². The molecule has 4 fully saturated rings. The molecule has 0 aromatic rings. The van der Waals surface area contributed by atoms with E-state index in [1.54, 1.807) is 4.90 Å². The summed E-state index contributed by atoms with van der Waals surface area (Å²) in [5.41, 5.74) is -1.60. The zero-order chi connectivity index (χ0) is 15.3. The van der Waals surface area contributed by atoms with Crippen LogP contribution in [0, 0.1) is 5.92 Å². The molecular weight excluding hydrogens is 287 g/mol. The molecule has 2 amide bonds. The third kappa shape index (κ3) is 2.41. The number of rotatable bonds is 2. The van der Waals surface area contributed by atoms with Crippen LogP contribution in [0.1, 0.15) is 38.5 Å². The van der Waals surface area contributed by atoms with Gasteiger partial charge < -0.3 is 14.5 Å². The molecule has 0 aromatic carbocycles. The van der Waals surface area contributed by atoms with Crippen LogP contribution in [0.25, 0.3) is 0 Å². The van der Waals surface area contributed by atoms with Crippen molar-refractivity contribution < 1.29 is 18.7 Å². The maximum Gasteiger partial charge on any atom is 0.260 e. The summed E-state index contributed by atoms with van der Waals surface area (Å²) >= 11 is 0. The van der Waals surface area contributed by atoms with Crippen molar-refractivity contribution in [1.82, 2.24) is 9.80 Å². The van der Waals surface area contributed by atoms with Crippen molar-refractivity contribution in [1.29, 1.82) is 0 Å². The van der Waals surface area contributed by atoms with Gasteiger partial charge in [0.2, 0.25) is 0 Å². The third-order valence-corrected chi connectivity index (χ3v) is 5.60. The zero-order valence-electron chi connectivity index (χ0n) is 12.8. The van der Waals surface area contributed by atoms with Crippen LogP contribution in [0.4, 0.5) is 4.39 Å². The molecule has 6 heteroatoms. The molecule has 5 nitrogen and oxygen atoms in total. The van der Waals surface area contributed by atoms with Gasteiger partial charge in [-0.25, -0.2) is 4.39 Å². The second-order valence-electron chi connectivity index (χ2n) is 7.20. The summed E-state index contributed by atoms with van der Waals surface area (Å²) < 4.78 is 19.9. The highest BCUT2D eigenvalue weighted by atomic mass is 19.1. The lowest BCUT2D eigenvalue weighted by molar-refractivity contribution is -0.146. The van der Waals surface area contributed by atoms with Gasteiger partial charge in [0.25, 0.3) is 11.8 Å². The zero-order valence-corrected chi connectivity index (χ0v) is 12.8. The molecule has 3 atom stereocenters. The number of fused-ring (bicyclic) bond motifs is 1. The van der Waals surface area contributed by atoms with E-state index in [4.69, 9.17) is 4.74 Å². The number of carbonyl (C=O) groups is 2. The van der Waals surface area contributed by atoms with Crippen LogP contribution in [0.15, 0.2) is 0 Å². The number of amides is 2. The van der Waals surface area contributed by atoms with Gasteiger partial charge in [-0.15, -0.1) is 0 Å². The Morgan fingerprint density at radius 1 is 1.09 bits per heavy atom. The molecule has 1 aliphatic carbocycles. The van der Waals surface area contributed by atoms with Crippen LogP contribution in [-0.4, -0.2) is 65.7 Å². The number of likely N-dealkylation sites (tertiary alicyclic amines) is 2. The molecule has 4 rings (SSSR count). The van der Waals surface area contributed by atoms with Crippen molar-refractivity contribution in [3.63, 3.8) is 0 Å². The van der Waals surface area contributed by atoms with E-state index in [0.717, 1.165) is 38.8 Å². The largest absolute Gasteiger partial charge is 0.363 e. The first-order chi connectivity index (χ1) is 10.6. The number of hydrogen-bond donors (Lipinski definition) is 0. The molecule has 0 N–H and O–H groups in total. The Morgan fingerprint density at radius 2 is 1.82 bits per heavy atom. The van der Waals surface area contributed by atoms with Crippen molar-refractivity contribution in [3.8, 4) is 0 Å². The van der Waals surface area contributed by atoms with Crippen molar-refractivity contribution in [3.05, 3.63) is 0 Å². The Kier molecular flexibility index (Phi) is 3.40. The Balaban J connectivity index is 1.37. The van der Waals surface area contributed by atoms with Crippen LogP contribution >= 0.6 is 0 Å². The topological polar surface area (TPSA) is 49.9 Å². The van der Waals surface area contributed by atoms with E-state index in [-0.39, 0.29) is 24.0 Å². The lowest BCUT2D eigenvalue weighted by Gasteiger charge is -2.34. The average Bonchev–Trinajstić information content (AvgIpc) is 2.99. The average molecular weight is 310 g/mol.